The van der Waals surface area contributed by atoms with E-state index in [4.69, 9.17) is 28.4 Å². The largest absolute Gasteiger partial charge is 0.372 e. The van der Waals surface area contributed by atoms with E-state index in [9.17, 15) is 0 Å². The van der Waals surface area contributed by atoms with Crippen LogP contribution in [0.1, 0.15) is 174 Å². The fraction of sp³-hybridized carbons (Fsp3) is 1.00. The first-order valence-corrected chi connectivity index (χ1v) is 18.7. The van der Waals surface area contributed by atoms with Gasteiger partial charge < -0.3 is 28.4 Å². The lowest BCUT2D eigenvalue weighted by Gasteiger charge is -2.35. The number of fused-ring (bicyclic) bond motifs is 1. The second-order valence-electron chi connectivity index (χ2n) is 14.2. The third-order valence-electron chi connectivity index (χ3n) is 10.7. The van der Waals surface area contributed by atoms with Crippen molar-refractivity contribution in [1.29, 1.82) is 0 Å². The van der Waals surface area contributed by atoms with Crippen molar-refractivity contribution in [2.24, 2.45) is 0 Å². The highest BCUT2D eigenvalue weighted by Gasteiger charge is 2.61. The van der Waals surface area contributed by atoms with Crippen LogP contribution in [0.5, 0.6) is 0 Å². The van der Waals surface area contributed by atoms with Gasteiger partial charge in [0.2, 0.25) is 0 Å². The Labute approximate surface area is 257 Å². The normalized spacial score (nSPS) is 31.8. The van der Waals surface area contributed by atoms with E-state index >= 15 is 0 Å². The van der Waals surface area contributed by atoms with E-state index in [-0.39, 0.29) is 30.7 Å². The Morgan fingerprint density at radius 2 is 1.07 bits per heavy atom. The number of unbranched alkanes of at least 4 members (excludes halogenated alkanes) is 15. The Kier molecular flexibility index (Phi) is 13.8. The van der Waals surface area contributed by atoms with Crippen LogP contribution in [-0.2, 0) is 28.4 Å². The topological polar surface area (TPSA) is 55.4 Å². The summed E-state index contributed by atoms with van der Waals surface area (Å²) in [5, 5.41) is 0. The molecule has 0 aromatic heterocycles. The first-order chi connectivity index (χ1) is 20.7. The summed E-state index contributed by atoms with van der Waals surface area (Å²) in [5.41, 5.74) is 0. The van der Waals surface area contributed by atoms with Crippen molar-refractivity contribution in [3.8, 4) is 0 Å². The highest BCUT2D eigenvalue weighted by molar-refractivity contribution is 5.01. The molecule has 5 atom stereocenters. The lowest BCUT2D eigenvalue weighted by molar-refractivity contribution is -0.262. The molecule has 3 saturated heterocycles. The van der Waals surface area contributed by atoms with Crippen molar-refractivity contribution in [2.75, 3.05) is 13.2 Å². The van der Waals surface area contributed by atoms with Gasteiger partial charge in [-0.15, -0.1) is 0 Å². The summed E-state index contributed by atoms with van der Waals surface area (Å²) in [6, 6.07) is 0. The van der Waals surface area contributed by atoms with E-state index < -0.39 is 11.6 Å². The monoisotopic (exact) mass is 592 g/mol. The molecule has 0 radical (unpaired) electrons. The molecule has 2 saturated carbocycles. The summed E-state index contributed by atoms with van der Waals surface area (Å²) < 4.78 is 39.2. The highest BCUT2D eigenvalue weighted by atomic mass is 16.9. The van der Waals surface area contributed by atoms with Crippen LogP contribution < -0.4 is 0 Å². The zero-order valence-electron chi connectivity index (χ0n) is 27.1. The highest BCUT2D eigenvalue weighted by Crippen LogP contribution is 2.48. The Bertz CT molecular complexity index is 732. The maximum absolute atomic E-state index is 6.67. The molecule has 0 N–H and O–H groups in total. The minimum atomic E-state index is -0.466. The zero-order valence-corrected chi connectivity index (χ0v) is 27.1. The second-order valence-corrected chi connectivity index (χ2v) is 14.2. The van der Waals surface area contributed by atoms with Gasteiger partial charge in [0.25, 0.3) is 0 Å². The molecule has 5 aliphatic rings. The van der Waals surface area contributed by atoms with Crippen molar-refractivity contribution in [3.63, 3.8) is 0 Å². The maximum Gasteiger partial charge on any atom is 0.190 e. The van der Waals surface area contributed by atoms with Crippen LogP contribution in [-0.4, -0.2) is 55.5 Å². The van der Waals surface area contributed by atoms with Gasteiger partial charge in [0, 0.05) is 32.3 Å². The number of hydrogen-bond donors (Lipinski definition) is 0. The van der Waals surface area contributed by atoms with Crippen molar-refractivity contribution < 1.29 is 28.4 Å². The molecule has 5 rings (SSSR count). The minimum Gasteiger partial charge on any atom is -0.372 e. The zero-order chi connectivity index (χ0) is 28.9. The molecule has 3 aliphatic heterocycles. The molecular weight excluding hydrogens is 528 g/mol. The van der Waals surface area contributed by atoms with E-state index in [0.29, 0.717) is 6.61 Å². The number of hydrogen-bond acceptors (Lipinski definition) is 6. The maximum atomic E-state index is 6.67. The molecule has 0 aromatic rings. The van der Waals surface area contributed by atoms with Crippen LogP contribution >= 0.6 is 0 Å². The molecular formula is C36H64O6. The molecule has 6 heteroatoms. The van der Waals surface area contributed by atoms with Crippen LogP contribution in [0.3, 0.4) is 0 Å². The van der Waals surface area contributed by atoms with Gasteiger partial charge >= 0.3 is 0 Å². The van der Waals surface area contributed by atoms with Crippen molar-refractivity contribution in [2.45, 2.75) is 216 Å². The first kappa shape index (κ1) is 33.1. The summed E-state index contributed by atoms with van der Waals surface area (Å²) in [6.07, 6.45) is 32.2. The van der Waals surface area contributed by atoms with Gasteiger partial charge in [0.15, 0.2) is 17.9 Å². The fourth-order valence-corrected chi connectivity index (χ4v) is 8.13. The average molecular weight is 593 g/mol. The molecule has 42 heavy (non-hydrogen) atoms. The Morgan fingerprint density at radius 1 is 0.548 bits per heavy atom. The summed E-state index contributed by atoms with van der Waals surface area (Å²) in [6.45, 7) is 3.62. The van der Waals surface area contributed by atoms with E-state index in [2.05, 4.69) is 6.92 Å². The van der Waals surface area contributed by atoms with Gasteiger partial charge in [0.1, 0.15) is 24.4 Å². The summed E-state index contributed by atoms with van der Waals surface area (Å²) in [7, 11) is 0. The van der Waals surface area contributed by atoms with Crippen LogP contribution in [0.25, 0.3) is 0 Å². The van der Waals surface area contributed by atoms with E-state index in [1.165, 1.54) is 122 Å². The van der Waals surface area contributed by atoms with Gasteiger partial charge in [0.05, 0.1) is 6.61 Å². The Morgan fingerprint density at radius 3 is 1.64 bits per heavy atom. The predicted molar refractivity (Wildman–Crippen MR) is 166 cm³/mol. The van der Waals surface area contributed by atoms with E-state index in [0.717, 1.165) is 51.6 Å². The summed E-state index contributed by atoms with van der Waals surface area (Å²) >= 11 is 0. The molecule has 2 spiro atoms. The quantitative estimate of drug-likeness (QED) is 0.139. The van der Waals surface area contributed by atoms with Crippen molar-refractivity contribution in [3.05, 3.63) is 0 Å². The molecule has 244 valence electrons. The molecule has 5 fully saturated rings. The summed E-state index contributed by atoms with van der Waals surface area (Å²) in [5.74, 6) is -0.874. The standard InChI is InChI=1S/C36H64O6/c1-2-3-4-5-6-7-8-9-10-11-12-13-14-15-16-23-28-37-32-31(30-29-38-35(40-30)24-19-17-20-25-35)39-34-33(32)41-36(42-34)26-21-18-22-27-36/h30-34H,2-29H2,1H3. The van der Waals surface area contributed by atoms with Crippen LogP contribution in [0.2, 0.25) is 0 Å². The van der Waals surface area contributed by atoms with E-state index in [1.807, 2.05) is 0 Å². The summed E-state index contributed by atoms with van der Waals surface area (Å²) in [4.78, 5) is 0. The molecule has 2 aliphatic carbocycles. The van der Waals surface area contributed by atoms with E-state index in [1.54, 1.807) is 0 Å². The predicted octanol–water partition coefficient (Wildman–Crippen LogP) is 9.51. The number of ether oxygens (including phenoxy) is 6. The fourth-order valence-electron chi connectivity index (χ4n) is 8.13. The second kappa shape index (κ2) is 17.5. The van der Waals surface area contributed by atoms with Gasteiger partial charge in [-0.05, 0) is 32.1 Å². The van der Waals surface area contributed by atoms with Crippen LogP contribution in [0.4, 0.5) is 0 Å². The first-order valence-electron chi connectivity index (χ1n) is 18.7. The Hall–Kier alpha value is -0.240. The lowest BCUT2D eigenvalue weighted by Crippen LogP contribution is -2.46. The molecule has 6 nitrogen and oxygen atoms in total. The smallest absolute Gasteiger partial charge is 0.190 e. The molecule has 0 aromatic carbocycles. The lowest BCUT2D eigenvalue weighted by atomic mass is 9.94. The molecule has 0 bridgehead atoms. The van der Waals surface area contributed by atoms with Crippen LogP contribution in [0.15, 0.2) is 0 Å². The molecule has 3 heterocycles. The minimum absolute atomic E-state index is 0.112. The SMILES string of the molecule is CCCCCCCCCCCCCCCCCCOC1C(C2COC3(CCCCC3)O2)OC2OC3(CCCCC3)OC21. The third-order valence-corrected chi connectivity index (χ3v) is 10.7. The van der Waals surface area contributed by atoms with Crippen molar-refractivity contribution in [1.82, 2.24) is 0 Å². The van der Waals surface area contributed by atoms with Gasteiger partial charge in [-0.2, -0.15) is 0 Å². The molecule has 5 unspecified atom stereocenters. The Balaban J connectivity index is 0.961. The third kappa shape index (κ3) is 9.39. The number of rotatable bonds is 19. The van der Waals surface area contributed by atoms with Crippen LogP contribution in [0, 0.1) is 0 Å². The van der Waals surface area contributed by atoms with Gasteiger partial charge in [-0.3, -0.25) is 0 Å². The van der Waals surface area contributed by atoms with Gasteiger partial charge in [-0.1, -0.05) is 116 Å². The average Bonchev–Trinajstić information content (AvgIpc) is 3.66. The van der Waals surface area contributed by atoms with Gasteiger partial charge in [-0.25, -0.2) is 0 Å². The molecule has 0 amide bonds. The van der Waals surface area contributed by atoms with Crippen molar-refractivity contribution >= 4 is 0 Å².